The Kier molecular flexibility index (Phi) is 1.40. The molecule has 0 unspecified atom stereocenters. The number of hydrogen-bond donors (Lipinski definition) is 0. The Balaban J connectivity index is 1.94. The topological polar surface area (TPSA) is 3.24 Å². The molecule has 66 valence electrons. The van der Waals surface area contributed by atoms with E-state index in [0.29, 0.717) is 0 Å². The molecule has 1 saturated carbocycles. The lowest BCUT2D eigenvalue weighted by atomic mass is 9.77. The van der Waals surface area contributed by atoms with Gasteiger partial charge in [-0.3, -0.25) is 4.90 Å². The molecule has 3 aliphatic rings. The van der Waals surface area contributed by atoms with Crippen molar-refractivity contribution in [2.75, 3.05) is 13.1 Å². The van der Waals surface area contributed by atoms with Crippen molar-refractivity contribution >= 4 is 0 Å². The summed E-state index contributed by atoms with van der Waals surface area (Å²) >= 11 is 0. The van der Waals surface area contributed by atoms with E-state index in [9.17, 15) is 0 Å². The third-order valence-corrected chi connectivity index (χ3v) is 4.12. The normalized spacial score (nSPS) is 46.7. The highest BCUT2D eigenvalue weighted by molar-refractivity contribution is 5.18. The molecule has 3 atom stereocenters. The minimum absolute atomic E-state index is 0.881. The Hall–Kier alpha value is -0.300. The molecule has 1 aliphatic carbocycles. The molecule has 12 heavy (non-hydrogen) atoms. The van der Waals surface area contributed by atoms with E-state index in [0.717, 1.165) is 17.9 Å². The average Bonchev–Trinajstić information content (AvgIpc) is 2.61. The molecule has 1 nitrogen and oxygen atoms in total. The zero-order chi connectivity index (χ0) is 8.13. The van der Waals surface area contributed by atoms with Crippen molar-refractivity contribution in [3.8, 4) is 0 Å². The standard InChI is InChI=1S/C11H17N/c1-8-7-12-6-5-9-3-2-4-10(8)11(9)12/h9-11H,1-7H2/t9-,10+,11+/m1/s1. The zero-order valence-electron chi connectivity index (χ0n) is 7.63. The molecule has 2 heterocycles. The third-order valence-electron chi connectivity index (χ3n) is 4.12. The van der Waals surface area contributed by atoms with E-state index in [1.807, 2.05) is 0 Å². The van der Waals surface area contributed by atoms with E-state index < -0.39 is 0 Å². The van der Waals surface area contributed by atoms with Gasteiger partial charge >= 0.3 is 0 Å². The van der Waals surface area contributed by atoms with Gasteiger partial charge < -0.3 is 0 Å². The highest BCUT2D eigenvalue weighted by Gasteiger charge is 2.46. The Labute approximate surface area is 74.4 Å². The van der Waals surface area contributed by atoms with Crippen LogP contribution in [0.3, 0.4) is 0 Å². The Morgan fingerprint density at radius 1 is 1.25 bits per heavy atom. The largest absolute Gasteiger partial charge is 0.296 e. The lowest BCUT2D eigenvalue weighted by Gasteiger charge is -2.31. The molecule has 2 aliphatic heterocycles. The van der Waals surface area contributed by atoms with Crippen LogP contribution in [-0.2, 0) is 0 Å². The van der Waals surface area contributed by atoms with Crippen LogP contribution in [0.2, 0.25) is 0 Å². The van der Waals surface area contributed by atoms with Crippen molar-refractivity contribution in [1.82, 2.24) is 4.90 Å². The molecular weight excluding hydrogens is 146 g/mol. The van der Waals surface area contributed by atoms with Crippen LogP contribution in [0.4, 0.5) is 0 Å². The zero-order valence-corrected chi connectivity index (χ0v) is 7.63. The van der Waals surface area contributed by atoms with E-state index in [2.05, 4.69) is 11.5 Å². The highest BCUT2D eigenvalue weighted by Crippen LogP contribution is 2.46. The second-order valence-corrected chi connectivity index (χ2v) is 4.71. The first kappa shape index (κ1) is 7.14. The van der Waals surface area contributed by atoms with Gasteiger partial charge in [0.1, 0.15) is 0 Å². The van der Waals surface area contributed by atoms with Gasteiger partial charge in [-0.15, -0.1) is 0 Å². The fourth-order valence-corrected chi connectivity index (χ4v) is 3.63. The van der Waals surface area contributed by atoms with Gasteiger partial charge in [0.15, 0.2) is 0 Å². The smallest absolute Gasteiger partial charge is 0.0196 e. The maximum Gasteiger partial charge on any atom is 0.0196 e. The minimum atomic E-state index is 0.881. The van der Waals surface area contributed by atoms with Gasteiger partial charge in [0.25, 0.3) is 0 Å². The molecule has 0 N–H and O–H groups in total. The number of rotatable bonds is 0. The van der Waals surface area contributed by atoms with E-state index in [1.165, 1.54) is 44.3 Å². The maximum absolute atomic E-state index is 4.22. The van der Waals surface area contributed by atoms with Crippen LogP contribution < -0.4 is 0 Å². The van der Waals surface area contributed by atoms with Crippen LogP contribution in [0.1, 0.15) is 25.7 Å². The second kappa shape index (κ2) is 2.35. The molecule has 0 aromatic rings. The lowest BCUT2D eigenvalue weighted by Crippen LogP contribution is -2.33. The van der Waals surface area contributed by atoms with Crippen LogP contribution >= 0.6 is 0 Å². The van der Waals surface area contributed by atoms with Gasteiger partial charge in [0.2, 0.25) is 0 Å². The molecule has 0 bridgehead atoms. The molecule has 0 amide bonds. The van der Waals surface area contributed by atoms with Gasteiger partial charge in [-0.1, -0.05) is 18.6 Å². The van der Waals surface area contributed by atoms with Crippen LogP contribution in [0, 0.1) is 11.8 Å². The molecule has 1 heteroatoms. The van der Waals surface area contributed by atoms with Crippen LogP contribution in [-0.4, -0.2) is 24.0 Å². The second-order valence-electron chi connectivity index (χ2n) is 4.71. The summed E-state index contributed by atoms with van der Waals surface area (Å²) in [4.78, 5) is 2.68. The predicted octanol–water partition coefficient (Wildman–Crippen LogP) is 2.05. The summed E-state index contributed by atoms with van der Waals surface area (Å²) in [5, 5.41) is 0. The number of nitrogens with zero attached hydrogens (tertiary/aromatic N) is 1. The monoisotopic (exact) mass is 163 g/mol. The van der Waals surface area contributed by atoms with Crippen molar-refractivity contribution in [2.45, 2.75) is 31.7 Å². The van der Waals surface area contributed by atoms with Gasteiger partial charge in [-0.05, 0) is 37.6 Å². The van der Waals surface area contributed by atoms with Crippen molar-refractivity contribution in [1.29, 1.82) is 0 Å². The maximum atomic E-state index is 4.22. The van der Waals surface area contributed by atoms with E-state index in [-0.39, 0.29) is 0 Å². The molecule has 0 radical (unpaired) electrons. The molecular formula is C11H17N. The summed E-state index contributed by atoms with van der Waals surface area (Å²) in [5.74, 6) is 1.91. The van der Waals surface area contributed by atoms with E-state index >= 15 is 0 Å². The molecule has 0 spiro atoms. The lowest BCUT2D eigenvalue weighted by molar-refractivity contribution is 0.201. The summed E-state index contributed by atoms with van der Waals surface area (Å²) in [6, 6.07) is 0.922. The summed E-state index contributed by atoms with van der Waals surface area (Å²) < 4.78 is 0. The molecule has 2 saturated heterocycles. The third kappa shape index (κ3) is 0.779. The van der Waals surface area contributed by atoms with Crippen molar-refractivity contribution in [3.05, 3.63) is 12.2 Å². The van der Waals surface area contributed by atoms with Crippen LogP contribution in [0.25, 0.3) is 0 Å². The molecule has 0 aromatic carbocycles. The quantitative estimate of drug-likeness (QED) is 0.494. The summed E-state index contributed by atoms with van der Waals surface area (Å²) in [5.41, 5.74) is 1.53. The fourth-order valence-electron chi connectivity index (χ4n) is 3.63. The van der Waals surface area contributed by atoms with Crippen molar-refractivity contribution in [2.24, 2.45) is 11.8 Å². The highest BCUT2D eigenvalue weighted by atomic mass is 15.2. The molecule has 3 fully saturated rings. The summed E-state index contributed by atoms with van der Waals surface area (Å²) in [7, 11) is 0. The first-order chi connectivity index (χ1) is 5.86. The Morgan fingerprint density at radius 2 is 2.17 bits per heavy atom. The summed E-state index contributed by atoms with van der Waals surface area (Å²) in [6.45, 7) is 6.78. The van der Waals surface area contributed by atoms with Crippen LogP contribution in [0.5, 0.6) is 0 Å². The molecule has 3 rings (SSSR count). The Bertz CT molecular complexity index is 219. The van der Waals surface area contributed by atoms with Gasteiger partial charge in [-0.25, -0.2) is 0 Å². The minimum Gasteiger partial charge on any atom is -0.296 e. The fraction of sp³-hybridized carbons (Fsp3) is 0.818. The van der Waals surface area contributed by atoms with Crippen LogP contribution in [0.15, 0.2) is 12.2 Å². The van der Waals surface area contributed by atoms with Crippen molar-refractivity contribution < 1.29 is 0 Å². The summed E-state index contributed by atoms with van der Waals surface area (Å²) in [6.07, 6.45) is 5.84. The van der Waals surface area contributed by atoms with E-state index in [4.69, 9.17) is 0 Å². The predicted molar refractivity (Wildman–Crippen MR) is 49.9 cm³/mol. The van der Waals surface area contributed by atoms with Gasteiger partial charge in [-0.2, -0.15) is 0 Å². The van der Waals surface area contributed by atoms with Gasteiger partial charge in [0, 0.05) is 12.6 Å². The van der Waals surface area contributed by atoms with E-state index in [1.54, 1.807) is 0 Å². The first-order valence-corrected chi connectivity index (χ1v) is 5.28. The first-order valence-electron chi connectivity index (χ1n) is 5.28. The average molecular weight is 163 g/mol. The Morgan fingerprint density at radius 3 is 3.08 bits per heavy atom. The van der Waals surface area contributed by atoms with Crippen molar-refractivity contribution in [3.63, 3.8) is 0 Å². The molecule has 0 aromatic heterocycles. The SMILES string of the molecule is C=C1CN2CC[C@H]3CCC[C@@H]1[C@H]32. The van der Waals surface area contributed by atoms with Gasteiger partial charge in [0.05, 0.1) is 0 Å². The number of hydrogen-bond acceptors (Lipinski definition) is 1.